The van der Waals surface area contributed by atoms with Gasteiger partial charge in [0, 0.05) is 48.7 Å². The molecule has 0 bridgehead atoms. The number of thiazole rings is 2. The lowest BCUT2D eigenvalue weighted by Gasteiger charge is -2.25. The summed E-state index contributed by atoms with van der Waals surface area (Å²) in [5.74, 6) is 0.522. The van der Waals surface area contributed by atoms with Crippen molar-refractivity contribution in [2.75, 3.05) is 12.4 Å². The smallest absolute Gasteiger partial charge is 0.0928 e. The van der Waals surface area contributed by atoms with E-state index in [9.17, 15) is 0 Å². The topological polar surface area (TPSA) is 46.8 Å². The van der Waals surface area contributed by atoms with E-state index in [1.807, 2.05) is 16.9 Å². The third-order valence-electron chi connectivity index (χ3n) is 4.44. The molecule has 0 aliphatic rings. The molecular formula is C20H28ClN5S2. The van der Waals surface area contributed by atoms with Crippen molar-refractivity contribution in [3.63, 3.8) is 0 Å². The van der Waals surface area contributed by atoms with Crippen LogP contribution in [0.2, 0.25) is 0 Å². The highest BCUT2D eigenvalue weighted by atomic mass is 35.5. The van der Waals surface area contributed by atoms with Crippen LogP contribution in [0, 0.1) is 0 Å². The van der Waals surface area contributed by atoms with Crippen LogP contribution >= 0.6 is 34.3 Å². The lowest BCUT2D eigenvalue weighted by molar-refractivity contribution is 0.213. The molecule has 3 heterocycles. The van der Waals surface area contributed by atoms with Gasteiger partial charge in [0.2, 0.25) is 0 Å². The summed E-state index contributed by atoms with van der Waals surface area (Å²) in [6.07, 6.45) is 8.14. The molecule has 0 aromatic carbocycles. The van der Waals surface area contributed by atoms with Crippen molar-refractivity contribution < 1.29 is 0 Å². The molecule has 0 saturated heterocycles. The molecule has 152 valence electrons. The lowest BCUT2D eigenvalue weighted by Crippen LogP contribution is -2.31. The van der Waals surface area contributed by atoms with Crippen LogP contribution in [0.5, 0.6) is 0 Å². The van der Waals surface area contributed by atoms with Crippen molar-refractivity contribution in [3.8, 4) is 0 Å². The van der Waals surface area contributed by atoms with E-state index in [0.717, 1.165) is 56.7 Å². The summed E-state index contributed by atoms with van der Waals surface area (Å²) in [5.41, 5.74) is 2.26. The fourth-order valence-corrected chi connectivity index (χ4v) is 5.16. The quantitative estimate of drug-likeness (QED) is 0.366. The van der Waals surface area contributed by atoms with Crippen LogP contribution in [0.1, 0.15) is 54.1 Å². The minimum absolute atomic E-state index is 0.124. The molecule has 1 atom stereocenters. The molecule has 0 radical (unpaired) electrons. The van der Waals surface area contributed by atoms with Crippen molar-refractivity contribution in [1.29, 1.82) is 0 Å². The first-order valence-electron chi connectivity index (χ1n) is 9.85. The molecule has 28 heavy (non-hydrogen) atoms. The maximum Gasteiger partial charge on any atom is 0.0928 e. The third-order valence-corrected chi connectivity index (χ3v) is 6.71. The van der Waals surface area contributed by atoms with Crippen molar-refractivity contribution in [1.82, 2.24) is 24.6 Å². The Morgan fingerprint density at radius 3 is 2.11 bits per heavy atom. The second kappa shape index (κ2) is 11.0. The van der Waals surface area contributed by atoms with Crippen LogP contribution in [-0.2, 0) is 25.9 Å². The van der Waals surface area contributed by atoms with E-state index in [2.05, 4.69) is 34.6 Å². The number of halogens is 1. The molecule has 0 aliphatic carbocycles. The Labute approximate surface area is 180 Å². The summed E-state index contributed by atoms with van der Waals surface area (Å²) in [7, 11) is 0. The number of aryl methyl sites for hydroxylation is 2. The van der Waals surface area contributed by atoms with Crippen LogP contribution in [-0.4, -0.2) is 37.1 Å². The highest BCUT2D eigenvalue weighted by Gasteiger charge is 2.18. The zero-order chi connectivity index (χ0) is 19.8. The van der Waals surface area contributed by atoms with Crippen molar-refractivity contribution in [2.24, 2.45) is 0 Å². The highest BCUT2D eigenvalue weighted by molar-refractivity contribution is 7.09. The lowest BCUT2D eigenvalue weighted by atomic mass is 10.2. The molecule has 0 N–H and O–H groups in total. The molecule has 3 aromatic heterocycles. The van der Waals surface area contributed by atoms with Gasteiger partial charge in [0.15, 0.2) is 0 Å². The van der Waals surface area contributed by atoms with Crippen LogP contribution in [0.15, 0.2) is 29.2 Å². The van der Waals surface area contributed by atoms with Gasteiger partial charge in [-0.25, -0.2) is 9.97 Å². The molecule has 5 nitrogen and oxygen atoms in total. The molecule has 0 amide bonds. The van der Waals surface area contributed by atoms with E-state index >= 15 is 0 Å². The molecule has 0 saturated carbocycles. The second-order valence-corrected chi connectivity index (χ2v) is 9.12. The van der Waals surface area contributed by atoms with Gasteiger partial charge in [-0.1, -0.05) is 13.8 Å². The van der Waals surface area contributed by atoms with Crippen LogP contribution in [0.4, 0.5) is 0 Å². The van der Waals surface area contributed by atoms with Gasteiger partial charge >= 0.3 is 0 Å². The van der Waals surface area contributed by atoms with Crippen LogP contribution < -0.4 is 0 Å². The van der Waals surface area contributed by atoms with E-state index in [-0.39, 0.29) is 6.04 Å². The summed E-state index contributed by atoms with van der Waals surface area (Å²) < 4.78 is 1.95. The number of hydrogen-bond acceptors (Lipinski definition) is 6. The molecule has 8 heteroatoms. The van der Waals surface area contributed by atoms with Crippen LogP contribution in [0.3, 0.4) is 0 Å². The molecular weight excluding hydrogens is 410 g/mol. The Bertz CT molecular complexity index is 768. The first-order chi connectivity index (χ1) is 13.7. The molecule has 0 aliphatic heterocycles. The van der Waals surface area contributed by atoms with Gasteiger partial charge in [-0.15, -0.1) is 34.3 Å². The van der Waals surface area contributed by atoms with E-state index in [1.165, 1.54) is 10.0 Å². The van der Waals surface area contributed by atoms with Gasteiger partial charge < -0.3 is 0 Å². The molecule has 0 unspecified atom stereocenters. The van der Waals surface area contributed by atoms with Crippen LogP contribution in [0.25, 0.3) is 0 Å². The number of rotatable bonds is 12. The average Bonchev–Trinajstić information content (AvgIpc) is 3.43. The van der Waals surface area contributed by atoms with E-state index in [0.29, 0.717) is 5.88 Å². The Kier molecular flexibility index (Phi) is 8.45. The summed E-state index contributed by atoms with van der Waals surface area (Å²) >= 11 is 9.81. The SMILES string of the molecule is CCCc1nc(CN(Cc2csc(CCC)n2)C[C@H](CCl)n2cccn2)cs1. The zero-order valence-corrected chi connectivity index (χ0v) is 18.9. The van der Waals surface area contributed by atoms with Gasteiger partial charge in [0.1, 0.15) is 0 Å². The largest absolute Gasteiger partial charge is 0.289 e. The van der Waals surface area contributed by atoms with Gasteiger partial charge in [0.25, 0.3) is 0 Å². The highest BCUT2D eigenvalue weighted by Crippen LogP contribution is 2.20. The predicted octanol–water partition coefficient (Wildman–Crippen LogP) is 5.18. The molecule has 3 rings (SSSR count). The van der Waals surface area contributed by atoms with E-state index in [4.69, 9.17) is 21.6 Å². The van der Waals surface area contributed by atoms with Crippen molar-refractivity contribution in [3.05, 3.63) is 50.6 Å². The Balaban J connectivity index is 1.73. The van der Waals surface area contributed by atoms with Gasteiger partial charge in [-0.2, -0.15) is 5.10 Å². The minimum atomic E-state index is 0.124. The maximum absolute atomic E-state index is 6.29. The van der Waals surface area contributed by atoms with E-state index < -0.39 is 0 Å². The predicted molar refractivity (Wildman–Crippen MR) is 118 cm³/mol. The first-order valence-corrected chi connectivity index (χ1v) is 12.1. The molecule has 0 spiro atoms. The van der Waals surface area contributed by atoms with Gasteiger partial charge in [0.05, 0.1) is 27.4 Å². The Hall–Kier alpha value is -1.28. The average molecular weight is 438 g/mol. The fourth-order valence-electron chi connectivity index (χ4n) is 3.14. The summed E-state index contributed by atoms with van der Waals surface area (Å²) in [6, 6.07) is 2.07. The number of alkyl halides is 1. The van der Waals surface area contributed by atoms with Gasteiger partial charge in [-0.05, 0) is 31.7 Å². The standard InChI is InChI=1S/C20H28ClN5S2/c1-3-6-19-23-16(14-27-19)11-25(12-17-15-28-20(24-17)7-4-2)13-18(10-21)26-9-5-8-22-26/h5,8-9,14-15,18H,3-4,6-7,10-13H2,1-2H3/t18-/m0/s1. The van der Waals surface area contributed by atoms with E-state index in [1.54, 1.807) is 28.9 Å². The Morgan fingerprint density at radius 1 is 1.04 bits per heavy atom. The number of hydrogen-bond donors (Lipinski definition) is 0. The molecule has 3 aromatic rings. The van der Waals surface area contributed by atoms with Crippen molar-refractivity contribution in [2.45, 2.75) is 58.7 Å². The fraction of sp³-hybridized carbons (Fsp3) is 0.550. The monoisotopic (exact) mass is 437 g/mol. The minimum Gasteiger partial charge on any atom is -0.289 e. The number of nitrogens with zero attached hydrogens (tertiary/aromatic N) is 5. The summed E-state index contributed by atoms with van der Waals surface area (Å²) in [5, 5.41) is 11.2. The maximum atomic E-state index is 6.29. The number of aromatic nitrogens is 4. The van der Waals surface area contributed by atoms with Gasteiger partial charge in [-0.3, -0.25) is 9.58 Å². The molecule has 0 fully saturated rings. The van der Waals surface area contributed by atoms with Crippen molar-refractivity contribution >= 4 is 34.3 Å². The summed E-state index contributed by atoms with van der Waals surface area (Å²) in [6.45, 7) is 6.80. The zero-order valence-electron chi connectivity index (χ0n) is 16.6. The first kappa shape index (κ1) is 21.4. The second-order valence-electron chi connectivity index (χ2n) is 6.93. The Morgan fingerprint density at radius 2 is 1.64 bits per heavy atom. The normalized spacial score (nSPS) is 12.7. The summed E-state index contributed by atoms with van der Waals surface area (Å²) in [4.78, 5) is 12.0. The third kappa shape index (κ3) is 6.11.